The predicted octanol–water partition coefficient (Wildman–Crippen LogP) is 2.39. The van der Waals surface area contributed by atoms with Crippen LogP contribution < -0.4 is 0 Å². The molecule has 2 aromatic rings. The molecule has 0 spiro atoms. The van der Waals surface area contributed by atoms with Crippen LogP contribution in [0, 0.1) is 0 Å². The summed E-state index contributed by atoms with van der Waals surface area (Å²) in [6, 6.07) is 10.1. The summed E-state index contributed by atoms with van der Waals surface area (Å²) in [5.41, 5.74) is 0.974. The number of hydrogen-bond donors (Lipinski definition) is 1. The number of nitrogens with zero attached hydrogens (tertiary/aromatic N) is 2. The summed E-state index contributed by atoms with van der Waals surface area (Å²) in [5, 5.41) is 8.93. The van der Waals surface area contributed by atoms with E-state index in [1.54, 1.807) is 6.20 Å². The Morgan fingerprint density at radius 1 is 1.35 bits per heavy atom. The van der Waals surface area contributed by atoms with Crippen molar-refractivity contribution in [1.29, 1.82) is 0 Å². The SMILES string of the molecule is O=C(O)CN(Cc1ncc(-c2ccccc2)o1)C1CC1. The van der Waals surface area contributed by atoms with Gasteiger partial charge in [-0.15, -0.1) is 0 Å². The van der Waals surface area contributed by atoms with Crippen LogP contribution in [-0.4, -0.2) is 33.5 Å². The summed E-state index contributed by atoms with van der Waals surface area (Å²) in [4.78, 5) is 17.0. The van der Waals surface area contributed by atoms with Gasteiger partial charge in [0.25, 0.3) is 0 Å². The van der Waals surface area contributed by atoms with Crippen molar-refractivity contribution < 1.29 is 14.3 Å². The van der Waals surface area contributed by atoms with Crippen molar-refractivity contribution in [3.8, 4) is 11.3 Å². The molecule has 0 atom stereocenters. The van der Waals surface area contributed by atoms with Gasteiger partial charge in [-0.2, -0.15) is 0 Å². The molecule has 0 unspecified atom stereocenters. The van der Waals surface area contributed by atoms with Crippen LogP contribution in [0.15, 0.2) is 40.9 Å². The minimum Gasteiger partial charge on any atom is -0.480 e. The molecule has 0 saturated heterocycles. The van der Waals surface area contributed by atoms with Gasteiger partial charge in [-0.1, -0.05) is 30.3 Å². The van der Waals surface area contributed by atoms with E-state index < -0.39 is 5.97 Å². The summed E-state index contributed by atoms with van der Waals surface area (Å²) in [7, 11) is 0. The molecule has 20 heavy (non-hydrogen) atoms. The number of oxazole rings is 1. The fourth-order valence-corrected chi connectivity index (χ4v) is 2.22. The number of aliphatic carboxylic acids is 1. The van der Waals surface area contributed by atoms with Gasteiger partial charge in [0, 0.05) is 11.6 Å². The Labute approximate surface area is 116 Å². The molecule has 1 N–H and O–H groups in total. The molecular formula is C15H16N2O3. The Balaban J connectivity index is 1.71. The minimum absolute atomic E-state index is 0.0354. The van der Waals surface area contributed by atoms with E-state index in [0.29, 0.717) is 24.2 Å². The first kappa shape index (κ1) is 12.9. The number of rotatable bonds is 6. The van der Waals surface area contributed by atoms with Crippen LogP contribution in [0.5, 0.6) is 0 Å². The quantitative estimate of drug-likeness (QED) is 0.874. The summed E-state index contributed by atoms with van der Waals surface area (Å²) in [6.07, 6.45) is 3.80. The number of benzene rings is 1. The third-order valence-electron chi connectivity index (χ3n) is 3.35. The maximum absolute atomic E-state index is 10.9. The largest absolute Gasteiger partial charge is 0.480 e. The van der Waals surface area contributed by atoms with Crippen molar-refractivity contribution in [2.45, 2.75) is 25.4 Å². The number of hydrogen-bond acceptors (Lipinski definition) is 4. The van der Waals surface area contributed by atoms with E-state index in [0.717, 1.165) is 18.4 Å². The van der Waals surface area contributed by atoms with Crippen LogP contribution in [0.3, 0.4) is 0 Å². The highest BCUT2D eigenvalue weighted by molar-refractivity contribution is 5.69. The van der Waals surface area contributed by atoms with Gasteiger partial charge in [-0.25, -0.2) is 4.98 Å². The predicted molar refractivity (Wildman–Crippen MR) is 73.0 cm³/mol. The van der Waals surface area contributed by atoms with Crippen molar-refractivity contribution in [3.63, 3.8) is 0 Å². The van der Waals surface area contributed by atoms with E-state index >= 15 is 0 Å². The fourth-order valence-electron chi connectivity index (χ4n) is 2.22. The van der Waals surface area contributed by atoms with E-state index in [2.05, 4.69) is 4.98 Å². The zero-order valence-corrected chi connectivity index (χ0v) is 11.0. The molecule has 1 saturated carbocycles. The smallest absolute Gasteiger partial charge is 0.317 e. The molecule has 1 aromatic carbocycles. The zero-order valence-electron chi connectivity index (χ0n) is 11.0. The van der Waals surface area contributed by atoms with E-state index in [-0.39, 0.29) is 6.54 Å². The third kappa shape index (κ3) is 3.05. The van der Waals surface area contributed by atoms with Crippen LogP contribution in [0.2, 0.25) is 0 Å². The fraction of sp³-hybridized carbons (Fsp3) is 0.333. The first-order chi connectivity index (χ1) is 9.72. The van der Waals surface area contributed by atoms with Gasteiger partial charge in [-0.3, -0.25) is 9.69 Å². The number of carbonyl (C=O) groups is 1. The van der Waals surface area contributed by atoms with Gasteiger partial charge in [0.1, 0.15) is 0 Å². The molecule has 104 valence electrons. The molecule has 1 aliphatic carbocycles. The first-order valence-electron chi connectivity index (χ1n) is 6.68. The summed E-state index contributed by atoms with van der Waals surface area (Å²) in [6.45, 7) is 0.484. The van der Waals surface area contributed by atoms with E-state index in [9.17, 15) is 4.79 Å². The molecule has 5 nitrogen and oxygen atoms in total. The summed E-state index contributed by atoms with van der Waals surface area (Å²) in [5.74, 6) is 0.468. The maximum Gasteiger partial charge on any atom is 0.317 e. The highest BCUT2D eigenvalue weighted by Gasteiger charge is 2.31. The van der Waals surface area contributed by atoms with Crippen LogP contribution in [-0.2, 0) is 11.3 Å². The molecule has 3 rings (SSSR count). The Hall–Kier alpha value is -2.14. The van der Waals surface area contributed by atoms with Crippen molar-refractivity contribution in [2.24, 2.45) is 0 Å². The third-order valence-corrected chi connectivity index (χ3v) is 3.35. The Kier molecular flexibility index (Phi) is 3.52. The Bertz CT molecular complexity index is 590. The second kappa shape index (κ2) is 5.46. The van der Waals surface area contributed by atoms with Crippen molar-refractivity contribution >= 4 is 5.97 Å². The number of carboxylic acids is 1. The van der Waals surface area contributed by atoms with E-state index in [1.807, 2.05) is 35.2 Å². The highest BCUT2D eigenvalue weighted by atomic mass is 16.4. The van der Waals surface area contributed by atoms with Gasteiger partial charge in [0.05, 0.1) is 19.3 Å². The molecule has 0 amide bonds. The zero-order chi connectivity index (χ0) is 13.9. The Morgan fingerprint density at radius 3 is 2.75 bits per heavy atom. The second-order valence-corrected chi connectivity index (χ2v) is 5.01. The molecule has 0 radical (unpaired) electrons. The van der Waals surface area contributed by atoms with Gasteiger partial charge in [-0.05, 0) is 12.8 Å². The van der Waals surface area contributed by atoms with Gasteiger partial charge in [0.15, 0.2) is 5.76 Å². The van der Waals surface area contributed by atoms with Crippen LogP contribution in [0.4, 0.5) is 0 Å². The van der Waals surface area contributed by atoms with Gasteiger partial charge in [0.2, 0.25) is 5.89 Å². The summed E-state index contributed by atoms with van der Waals surface area (Å²) >= 11 is 0. The van der Waals surface area contributed by atoms with Crippen molar-refractivity contribution in [1.82, 2.24) is 9.88 Å². The second-order valence-electron chi connectivity index (χ2n) is 5.01. The van der Waals surface area contributed by atoms with E-state index in [1.165, 1.54) is 0 Å². The maximum atomic E-state index is 10.9. The molecule has 1 aromatic heterocycles. The van der Waals surface area contributed by atoms with Gasteiger partial charge < -0.3 is 9.52 Å². The Morgan fingerprint density at radius 2 is 2.10 bits per heavy atom. The standard InChI is InChI=1S/C15H16N2O3/c18-15(19)10-17(12-6-7-12)9-14-16-8-13(20-14)11-4-2-1-3-5-11/h1-5,8,12H,6-7,9-10H2,(H,18,19). The lowest BCUT2D eigenvalue weighted by Crippen LogP contribution is -2.31. The lowest BCUT2D eigenvalue weighted by atomic mass is 10.2. The highest BCUT2D eigenvalue weighted by Crippen LogP contribution is 2.28. The lowest BCUT2D eigenvalue weighted by molar-refractivity contribution is -0.138. The van der Waals surface area contributed by atoms with Crippen LogP contribution >= 0.6 is 0 Å². The molecule has 0 bridgehead atoms. The summed E-state index contributed by atoms with van der Waals surface area (Å²) < 4.78 is 5.71. The first-order valence-corrected chi connectivity index (χ1v) is 6.68. The molecule has 0 aliphatic heterocycles. The van der Waals surface area contributed by atoms with Crippen LogP contribution in [0.1, 0.15) is 18.7 Å². The molecule has 1 heterocycles. The van der Waals surface area contributed by atoms with Gasteiger partial charge >= 0.3 is 5.97 Å². The van der Waals surface area contributed by atoms with E-state index in [4.69, 9.17) is 9.52 Å². The van der Waals surface area contributed by atoms with Crippen molar-refractivity contribution in [2.75, 3.05) is 6.54 Å². The van der Waals surface area contributed by atoms with Crippen LogP contribution in [0.25, 0.3) is 11.3 Å². The monoisotopic (exact) mass is 272 g/mol. The topological polar surface area (TPSA) is 66.6 Å². The normalized spacial score (nSPS) is 14.7. The average molecular weight is 272 g/mol. The molecule has 5 heteroatoms. The molecule has 1 fully saturated rings. The lowest BCUT2D eigenvalue weighted by Gasteiger charge is -2.17. The minimum atomic E-state index is -0.813. The van der Waals surface area contributed by atoms with Crippen molar-refractivity contribution in [3.05, 3.63) is 42.4 Å². The number of carboxylic acid groups (broad SMARTS) is 1. The molecular weight excluding hydrogens is 256 g/mol. The molecule has 1 aliphatic rings. The average Bonchev–Trinajstić information content (AvgIpc) is 3.19. The number of aromatic nitrogens is 1.